The number of alkyl halides is 3. The second-order valence-corrected chi connectivity index (χ2v) is 7.69. The summed E-state index contributed by atoms with van der Waals surface area (Å²) in [4.78, 5) is 0. The molecule has 0 unspecified atom stereocenters. The molecule has 1 heterocycles. The fourth-order valence-electron chi connectivity index (χ4n) is 3.95. The SMILES string of the molecule is Cc1c(O[C@H]2CC[C@H](NCc3cccc(C(F)(F)F)c3)CC2)ccc2[nH]ncc12. The molecule has 0 saturated heterocycles. The Kier molecular flexibility index (Phi) is 5.50. The lowest BCUT2D eigenvalue weighted by atomic mass is 9.92. The van der Waals surface area contributed by atoms with Gasteiger partial charge in [-0.15, -0.1) is 0 Å². The zero-order valence-corrected chi connectivity index (χ0v) is 16.2. The number of hydrogen-bond acceptors (Lipinski definition) is 3. The third-order valence-corrected chi connectivity index (χ3v) is 5.66. The average molecular weight is 403 g/mol. The van der Waals surface area contributed by atoms with Crippen molar-refractivity contribution < 1.29 is 17.9 Å². The van der Waals surface area contributed by atoms with Gasteiger partial charge in [0.15, 0.2) is 0 Å². The summed E-state index contributed by atoms with van der Waals surface area (Å²) in [5.41, 5.74) is 2.14. The van der Waals surface area contributed by atoms with E-state index in [-0.39, 0.29) is 6.10 Å². The molecule has 1 aliphatic rings. The van der Waals surface area contributed by atoms with E-state index in [0.717, 1.165) is 54.0 Å². The van der Waals surface area contributed by atoms with Gasteiger partial charge in [-0.3, -0.25) is 5.10 Å². The minimum atomic E-state index is -4.30. The number of ether oxygens (including phenoxy) is 1. The Morgan fingerprint density at radius 3 is 2.69 bits per heavy atom. The maximum atomic E-state index is 12.8. The molecule has 1 aromatic heterocycles. The molecule has 0 bridgehead atoms. The molecule has 0 amide bonds. The number of hydrogen-bond donors (Lipinski definition) is 2. The fourth-order valence-corrected chi connectivity index (χ4v) is 3.95. The number of nitrogens with zero attached hydrogens (tertiary/aromatic N) is 1. The predicted molar refractivity (Wildman–Crippen MR) is 106 cm³/mol. The van der Waals surface area contributed by atoms with Crippen molar-refractivity contribution in [3.8, 4) is 5.75 Å². The van der Waals surface area contributed by atoms with Crippen molar-refractivity contribution >= 4 is 10.9 Å². The molecular weight excluding hydrogens is 379 g/mol. The smallest absolute Gasteiger partial charge is 0.416 e. The van der Waals surface area contributed by atoms with E-state index in [1.165, 1.54) is 12.1 Å². The van der Waals surface area contributed by atoms with Gasteiger partial charge in [0.25, 0.3) is 0 Å². The van der Waals surface area contributed by atoms with Crippen LogP contribution in [0.15, 0.2) is 42.6 Å². The summed E-state index contributed by atoms with van der Waals surface area (Å²) in [5, 5.41) is 11.5. The summed E-state index contributed by atoms with van der Waals surface area (Å²) in [7, 11) is 0. The Morgan fingerprint density at radius 1 is 1.14 bits per heavy atom. The fraction of sp³-hybridized carbons (Fsp3) is 0.409. The molecule has 4 rings (SSSR count). The monoisotopic (exact) mass is 403 g/mol. The molecular formula is C22H24F3N3O. The Bertz CT molecular complexity index is 975. The van der Waals surface area contributed by atoms with Gasteiger partial charge < -0.3 is 10.1 Å². The van der Waals surface area contributed by atoms with Crippen molar-refractivity contribution in [1.29, 1.82) is 0 Å². The molecule has 7 heteroatoms. The van der Waals surface area contributed by atoms with Crippen LogP contribution in [0.1, 0.15) is 42.4 Å². The molecule has 1 aliphatic carbocycles. The van der Waals surface area contributed by atoms with E-state index >= 15 is 0 Å². The van der Waals surface area contributed by atoms with Gasteiger partial charge in [-0.05, 0) is 56.4 Å². The van der Waals surface area contributed by atoms with Gasteiger partial charge in [0.1, 0.15) is 5.75 Å². The minimum absolute atomic E-state index is 0.157. The Balaban J connectivity index is 1.29. The number of nitrogens with one attached hydrogen (secondary N) is 2. The number of halogens is 3. The second kappa shape index (κ2) is 8.06. The minimum Gasteiger partial charge on any atom is -0.490 e. The third-order valence-electron chi connectivity index (χ3n) is 5.66. The van der Waals surface area contributed by atoms with Gasteiger partial charge in [0.05, 0.1) is 23.4 Å². The standard InChI is InChI=1S/C22H24F3N3O/c1-14-19-13-27-28-20(19)9-10-21(14)29-18-7-5-17(6-8-18)26-12-15-3-2-4-16(11-15)22(23,24)25/h2-4,9-11,13,17-18,26H,5-8,12H2,1H3,(H,27,28)/t17-,18-. The van der Waals surface area contributed by atoms with Crippen LogP contribution in [0.5, 0.6) is 5.75 Å². The van der Waals surface area contributed by atoms with Crippen LogP contribution in [0.2, 0.25) is 0 Å². The van der Waals surface area contributed by atoms with E-state index in [2.05, 4.69) is 15.5 Å². The molecule has 2 N–H and O–H groups in total. The molecule has 0 atom stereocenters. The highest BCUT2D eigenvalue weighted by Gasteiger charge is 2.30. The Hall–Kier alpha value is -2.54. The van der Waals surface area contributed by atoms with Crippen LogP contribution < -0.4 is 10.1 Å². The van der Waals surface area contributed by atoms with Gasteiger partial charge in [0.2, 0.25) is 0 Å². The van der Waals surface area contributed by atoms with Crippen molar-refractivity contribution in [2.75, 3.05) is 0 Å². The number of aryl methyl sites for hydroxylation is 1. The number of benzene rings is 2. The summed E-state index contributed by atoms with van der Waals surface area (Å²) >= 11 is 0. The number of aromatic amines is 1. The summed E-state index contributed by atoms with van der Waals surface area (Å²) in [6.45, 7) is 2.48. The topological polar surface area (TPSA) is 49.9 Å². The van der Waals surface area contributed by atoms with Crippen LogP contribution in [0, 0.1) is 6.92 Å². The van der Waals surface area contributed by atoms with E-state index in [1.54, 1.807) is 6.07 Å². The summed E-state index contributed by atoms with van der Waals surface area (Å²) in [6, 6.07) is 9.77. The highest BCUT2D eigenvalue weighted by Crippen LogP contribution is 2.31. The molecule has 0 radical (unpaired) electrons. The Morgan fingerprint density at radius 2 is 1.93 bits per heavy atom. The lowest BCUT2D eigenvalue weighted by molar-refractivity contribution is -0.137. The van der Waals surface area contributed by atoms with Crippen LogP contribution in [0.25, 0.3) is 10.9 Å². The molecule has 2 aromatic carbocycles. The largest absolute Gasteiger partial charge is 0.490 e. The normalized spacial score (nSPS) is 20.1. The first kappa shape index (κ1) is 19.8. The first-order valence-electron chi connectivity index (χ1n) is 9.89. The van der Waals surface area contributed by atoms with E-state index in [1.807, 2.05) is 25.3 Å². The van der Waals surface area contributed by atoms with Gasteiger partial charge in [0, 0.05) is 23.5 Å². The van der Waals surface area contributed by atoms with Crippen molar-refractivity contribution in [2.45, 2.75) is 57.5 Å². The van der Waals surface area contributed by atoms with Crippen molar-refractivity contribution in [2.24, 2.45) is 0 Å². The van der Waals surface area contributed by atoms with Gasteiger partial charge >= 0.3 is 6.18 Å². The molecule has 3 aromatic rings. The van der Waals surface area contributed by atoms with Crippen LogP contribution in [0.4, 0.5) is 13.2 Å². The highest BCUT2D eigenvalue weighted by atomic mass is 19.4. The summed E-state index contributed by atoms with van der Waals surface area (Å²) < 4.78 is 44.8. The van der Waals surface area contributed by atoms with Gasteiger partial charge in [-0.1, -0.05) is 18.2 Å². The van der Waals surface area contributed by atoms with E-state index in [4.69, 9.17) is 4.74 Å². The van der Waals surface area contributed by atoms with E-state index in [0.29, 0.717) is 18.2 Å². The highest BCUT2D eigenvalue weighted by molar-refractivity contribution is 5.83. The zero-order chi connectivity index (χ0) is 20.4. The number of aromatic nitrogens is 2. The van der Waals surface area contributed by atoms with Gasteiger partial charge in [-0.2, -0.15) is 18.3 Å². The van der Waals surface area contributed by atoms with Crippen LogP contribution in [-0.4, -0.2) is 22.3 Å². The summed E-state index contributed by atoms with van der Waals surface area (Å²) in [6.07, 6.45) is 1.39. The maximum absolute atomic E-state index is 12.8. The average Bonchev–Trinajstić information content (AvgIpc) is 3.19. The molecule has 154 valence electrons. The molecule has 1 saturated carbocycles. The van der Waals surface area contributed by atoms with Crippen molar-refractivity contribution in [3.05, 3.63) is 59.3 Å². The van der Waals surface area contributed by atoms with Crippen molar-refractivity contribution in [1.82, 2.24) is 15.5 Å². The first-order chi connectivity index (χ1) is 13.9. The predicted octanol–water partition coefficient (Wildman–Crippen LogP) is 5.37. The molecule has 1 fully saturated rings. The number of rotatable bonds is 5. The quantitative estimate of drug-likeness (QED) is 0.602. The maximum Gasteiger partial charge on any atom is 0.416 e. The third kappa shape index (κ3) is 4.56. The lowest BCUT2D eigenvalue weighted by Gasteiger charge is -2.30. The van der Waals surface area contributed by atoms with Crippen LogP contribution in [-0.2, 0) is 12.7 Å². The second-order valence-electron chi connectivity index (χ2n) is 7.69. The molecule has 4 nitrogen and oxygen atoms in total. The molecule has 0 spiro atoms. The zero-order valence-electron chi connectivity index (χ0n) is 16.2. The van der Waals surface area contributed by atoms with E-state index in [9.17, 15) is 13.2 Å². The first-order valence-corrected chi connectivity index (χ1v) is 9.89. The number of H-pyrrole nitrogens is 1. The lowest BCUT2D eigenvalue weighted by Crippen LogP contribution is -2.36. The number of fused-ring (bicyclic) bond motifs is 1. The Labute approximate surface area is 167 Å². The molecule has 29 heavy (non-hydrogen) atoms. The van der Waals surface area contributed by atoms with Crippen LogP contribution in [0.3, 0.4) is 0 Å². The molecule has 0 aliphatic heterocycles. The summed E-state index contributed by atoms with van der Waals surface area (Å²) in [5.74, 6) is 0.888. The van der Waals surface area contributed by atoms with Crippen LogP contribution >= 0.6 is 0 Å². The van der Waals surface area contributed by atoms with Gasteiger partial charge in [-0.25, -0.2) is 0 Å². The van der Waals surface area contributed by atoms with Crippen molar-refractivity contribution in [3.63, 3.8) is 0 Å². The van der Waals surface area contributed by atoms with E-state index < -0.39 is 11.7 Å².